The van der Waals surface area contributed by atoms with Gasteiger partial charge in [-0.05, 0) is 67.2 Å². The number of benzene rings is 2. The van der Waals surface area contributed by atoms with Gasteiger partial charge in [0.2, 0.25) is 0 Å². The quantitative estimate of drug-likeness (QED) is 0.516. The smallest absolute Gasteiger partial charge is 0.285 e. The highest BCUT2D eigenvalue weighted by Crippen LogP contribution is 2.34. The van der Waals surface area contributed by atoms with Crippen LogP contribution in [0.2, 0.25) is 0 Å². The van der Waals surface area contributed by atoms with Gasteiger partial charge >= 0.3 is 0 Å². The van der Waals surface area contributed by atoms with Gasteiger partial charge in [-0.15, -0.1) is 0 Å². The van der Waals surface area contributed by atoms with Crippen molar-refractivity contribution < 1.29 is 23.8 Å². The Balaban J connectivity index is 1.76. The van der Waals surface area contributed by atoms with Crippen LogP contribution in [0.1, 0.15) is 22.8 Å². The van der Waals surface area contributed by atoms with Crippen LogP contribution < -0.4 is 19.6 Å². The number of hydrazine groups is 1. The van der Waals surface area contributed by atoms with E-state index >= 15 is 0 Å². The molecule has 1 N–H and O–H groups in total. The van der Waals surface area contributed by atoms with Gasteiger partial charge in [0, 0.05) is 5.56 Å². The van der Waals surface area contributed by atoms with Crippen molar-refractivity contribution in [2.24, 2.45) is 0 Å². The van der Waals surface area contributed by atoms with E-state index in [1.807, 2.05) is 13.0 Å². The lowest BCUT2D eigenvalue weighted by atomic mass is 10.2. The molecule has 1 heterocycles. The van der Waals surface area contributed by atoms with Crippen molar-refractivity contribution in [2.45, 2.75) is 6.92 Å². The van der Waals surface area contributed by atoms with Crippen molar-refractivity contribution in [3.8, 4) is 17.2 Å². The van der Waals surface area contributed by atoms with E-state index in [2.05, 4.69) is 5.43 Å². The van der Waals surface area contributed by atoms with Crippen LogP contribution in [-0.4, -0.2) is 42.0 Å². The summed E-state index contributed by atoms with van der Waals surface area (Å²) in [6, 6.07) is 11.9. The minimum atomic E-state index is -0.446. The largest absolute Gasteiger partial charge is 0.497 e. The molecule has 0 aliphatic carbocycles. The highest BCUT2D eigenvalue weighted by Gasteiger charge is 2.33. The van der Waals surface area contributed by atoms with Gasteiger partial charge in [-0.25, -0.2) is 0 Å². The molecule has 1 aliphatic heterocycles. The summed E-state index contributed by atoms with van der Waals surface area (Å²) in [5.41, 5.74) is 3.68. The van der Waals surface area contributed by atoms with E-state index in [-0.39, 0.29) is 4.32 Å². The number of ether oxygens (including phenoxy) is 3. The lowest BCUT2D eigenvalue weighted by molar-refractivity contribution is -0.123. The number of nitrogens with zero attached hydrogens (tertiary/aromatic N) is 1. The topological polar surface area (TPSA) is 77.1 Å². The van der Waals surface area contributed by atoms with Crippen molar-refractivity contribution >= 4 is 46.2 Å². The highest BCUT2D eigenvalue weighted by atomic mass is 32.2. The Morgan fingerprint density at radius 2 is 1.87 bits per heavy atom. The van der Waals surface area contributed by atoms with Crippen LogP contribution in [0.5, 0.6) is 17.2 Å². The Morgan fingerprint density at radius 3 is 2.50 bits per heavy atom. The predicted octanol–water partition coefficient (Wildman–Crippen LogP) is 3.65. The minimum Gasteiger partial charge on any atom is -0.497 e. The molecule has 2 amide bonds. The average molecular weight is 445 g/mol. The van der Waals surface area contributed by atoms with Gasteiger partial charge in [0.15, 0.2) is 15.8 Å². The molecule has 0 radical (unpaired) electrons. The lowest BCUT2D eigenvalue weighted by Crippen LogP contribution is -2.44. The number of thioether (sulfide) groups is 1. The molecule has 156 valence electrons. The molecule has 0 aromatic heterocycles. The van der Waals surface area contributed by atoms with Crippen LogP contribution in [-0.2, 0) is 4.79 Å². The zero-order valence-electron chi connectivity index (χ0n) is 16.6. The molecule has 0 unspecified atom stereocenters. The minimum absolute atomic E-state index is 0.242. The molecule has 7 nitrogen and oxygen atoms in total. The van der Waals surface area contributed by atoms with E-state index in [4.69, 9.17) is 26.4 Å². The van der Waals surface area contributed by atoms with Gasteiger partial charge in [0.1, 0.15) is 5.75 Å². The molecule has 0 saturated carbocycles. The average Bonchev–Trinajstić information content (AvgIpc) is 3.02. The van der Waals surface area contributed by atoms with E-state index in [9.17, 15) is 9.59 Å². The fourth-order valence-corrected chi connectivity index (χ4v) is 3.85. The third kappa shape index (κ3) is 4.74. The summed E-state index contributed by atoms with van der Waals surface area (Å²) in [4.78, 5) is 25.6. The van der Waals surface area contributed by atoms with Crippen molar-refractivity contribution in [2.75, 3.05) is 20.8 Å². The molecular formula is C21H20N2O5S2. The summed E-state index contributed by atoms with van der Waals surface area (Å²) >= 11 is 6.38. The molecule has 2 aromatic carbocycles. The first-order valence-electron chi connectivity index (χ1n) is 9.00. The molecule has 1 aliphatic rings. The standard InChI is InChI=1S/C21H20N2O5S2/c1-4-28-16-10-5-13(11-17(16)27-3)12-18-20(25)23(21(29)30-18)22-19(24)14-6-8-15(26-2)9-7-14/h5-12H,4H2,1-3H3,(H,22,24)/b18-12+. The van der Waals surface area contributed by atoms with Gasteiger partial charge in [0.25, 0.3) is 11.8 Å². The first-order chi connectivity index (χ1) is 14.5. The number of carbonyl (C=O) groups excluding carboxylic acids is 2. The molecule has 1 saturated heterocycles. The number of methoxy groups -OCH3 is 2. The van der Waals surface area contributed by atoms with Gasteiger partial charge < -0.3 is 14.2 Å². The Hall–Kier alpha value is -3.04. The van der Waals surface area contributed by atoms with Crippen molar-refractivity contribution in [1.82, 2.24) is 10.4 Å². The van der Waals surface area contributed by atoms with Crippen LogP contribution in [0.3, 0.4) is 0 Å². The van der Waals surface area contributed by atoms with Gasteiger partial charge in [-0.2, -0.15) is 5.01 Å². The molecule has 2 aromatic rings. The maximum atomic E-state index is 12.8. The number of amides is 2. The first-order valence-corrected chi connectivity index (χ1v) is 10.2. The monoisotopic (exact) mass is 444 g/mol. The summed E-state index contributed by atoms with van der Waals surface area (Å²) in [5, 5.41) is 1.07. The van der Waals surface area contributed by atoms with Gasteiger partial charge in [0.05, 0.1) is 25.7 Å². The van der Waals surface area contributed by atoms with Crippen molar-refractivity contribution in [1.29, 1.82) is 0 Å². The lowest BCUT2D eigenvalue weighted by Gasteiger charge is -2.15. The molecular weight excluding hydrogens is 424 g/mol. The van der Waals surface area contributed by atoms with E-state index in [1.165, 1.54) is 0 Å². The maximum absolute atomic E-state index is 12.8. The highest BCUT2D eigenvalue weighted by molar-refractivity contribution is 8.26. The molecule has 9 heteroatoms. The number of carbonyl (C=O) groups is 2. The fraction of sp³-hybridized carbons (Fsp3) is 0.190. The normalized spacial score (nSPS) is 14.8. The maximum Gasteiger partial charge on any atom is 0.285 e. The zero-order chi connectivity index (χ0) is 21.7. The van der Waals surface area contributed by atoms with Crippen molar-refractivity contribution in [3.05, 3.63) is 58.5 Å². The number of rotatable bonds is 7. The molecule has 30 heavy (non-hydrogen) atoms. The Labute approximate surface area is 184 Å². The number of nitrogens with one attached hydrogen (secondary N) is 1. The number of hydrogen-bond donors (Lipinski definition) is 1. The van der Waals surface area contributed by atoms with Crippen LogP contribution in [0.4, 0.5) is 0 Å². The summed E-state index contributed by atoms with van der Waals surface area (Å²) in [7, 11) is 3.09. The summed E-state index contributed by atoms with van der Waals surface area (Å²) in [6.45, 7) is 2.40. The molecule has 0 spiro atoms. The van der Waals surface area contributed by atoms with Crippen molar-refractivity contribution in [3.63, 3.8) is 0 Å². The number of hydrogen-bond acceptors (Lipinski definition) is 7. The summed E-state index contributed by atoms with van der Waals surface area (Å²) in [6.07, 6.45) is 1.69. The summed E-state index contributed by atoms with van der Waals surface area (Å²) in [5.74, 6) is 0.967. The van der Waals surface area contributed by atoms with Crippen LogP contribution in [0.15, 0.2) is 47.4 Å². The van der Waals surface area contributed by atoms with E-state index in [0.29, 0.717) is 34.3 Å². The van der Waals surface area contributed by atoms with E-state index in [1.54, 1.807) is 56.7 Å². The Kier molecular flexibility index (Phi) is 6.96. The second-order valence-corrected chi connectivity index (χ2v) is 7.71. The Morgan fingerprint density at radius 1 is 1.13 bits per heavy atom. The fourth-order valence-electron chi connectivity index (χ4n) is 2.67. The van der Waals surface area contributed by atoms with Gasteiger partial charge in [-0.3, -0.25) is 15.0 Å². The SMILES string of the molecule is CCOc1ccc(/C=C2/SC(=S)N(NC(=O)c3ccc(OC)cc3)C2=O)cc1OC. The third-order valence-corrected chi connectivity index (χ3v) is 5.45. The first kappa shape index (κ1) is 21.7. The van der Waals surface area contributed by atoms with Crippen LogP contribution >= 0.6 is 24.0 Å². The second kappa shape index (κ2) is 9.64. The second-order valence-electron chi connectivity index (χ2n) is 6.03. The van der Waals surface area contributed by atoms with E-state index < -0.39 is 11.8 Å². The molecule has 1 fully saturated rings. The zero-order valence-corrected chi connectivity index (χ0v) is 18.3. The number of thiocarbonyl (C=S) groups is 1. The molecule has 3 rings (SSSR count). The van der Waals surface area contributed by atoms with E-state index in [0.717, 1.165) is 22.3 Å². The Bertz CT molecular complexity index is 1000. The van der Waals surface area contributed by atoms with Crippen LogP contribution in [0.25, 0.3) is 6.08 Å². The molecule has 0 atom stereocenters. The molecule has 0 bridgehead atoms. The van der Waals surface area contributed by atoms with Gasteiger partial charge in [-0.1, -0.05) is 17.8 Å². The summed E-state index contributed by atoms with van der Waals surface area (Å²) < 4.78 is 16.2. The third-order valence-electron chi connectivity index (χ3n) is 4.14. The predicted molar refractivity (Wildman–Crippen MR) is 120 cm³/mol. The van der Waals surface area contributed by atoms with Crippen LogP contribution in [0, 0.1) is 0 Å².